The van der Waals surface area contributed by atoms with Crippen molar-refractivity contribution in [2.45, 2.75) is 50.5 Å². The summed E-state index contributed by atoms with van der Waals surface area (Å²) in [6.07, 6.45) is 3.48. The first-order valence-electron chi connectivity index (χ1n) is 6.83. The molecule has 1 heterocycles. The minimum atomic E-state index is -0.495. The van der Waals surface area contributed by atoms with Crippen molar-refractivity contribution in [3.8, 4) is 6.07 Å². The molecule has 0 aromatic carbocycles. The molecule has 0 spiro atoms. The van der Waals surface area contributed by atoms with Crippen LogP contribution in [0.1, 0.15) is 38.4 Å². The second-order valence-corrected chi connectivity index (χ2v) is 6.79. The maximum absolute atomic E-state index is 11.5. The van der Waals surface area contributed by atoms with Gasteiger partial charge in [0.05, 0.1) is 12.3 Å². The summed E-state index contributed by atoms with van der Waals surface area (Å²) in [7, 11) is 0. The van der Waals surface area contributed by atoms with Crippen molar-refractivity contribution in [1.82, 2.24) is 15.5 Å². The van der Waals surface area contributed by atoms with Crippen molar-refractivity contribution in [3.05, 3.63) is 17.5 Å². The summed E-state index contributed by atoms with van der Waals surface area (Å²) < 4.78 is 5.16. The van der Waals surface area contributed by atoms with Gasteiger partial charge in [-0.3, -0.25) is 5.10 Å². The molecule has 116 valence electrons. The van der Waals surface area contributed by atoms with Crippen molar-refractivity contribution >= 4 is 22.0 Å². The van der Waals surface area contributed by atoms with Gasteiger partial charge in [0.25, 0.3) is 0 Å². The number of alkyl halides is 1. The van der Waals surface area contributed by atoms with E-state index >= 15 is 0 Å². The maximum Gasteiger partial charge on any atom is 0.407 e. The summed E-state index contributed by atoms with van der Waals surface area (Å²) in [6, 6.07) is 2.14. The molecule has 1 aromatic rings. The maximum atomic E-state index is 11.5. The molecule has 0 saturated heterocycles. The van der Waals surface area contributed by atoms with Gasteiger partial charge in [0.2, 0.25) is 0 Å². The van der Waals surface area contributed by atoms with Crippen LogP contribution >= 0.6 is 15.9 Å². The van der Waals surface area contributed by atoms with E-state index in [1.807, 2.05) is 20.8 Å². The number of carbonyl (C=O) groups excluding carboxylic acids is 1. The van der Waals surface area contributed by atoms with E-state index < -0.39 is 11.7 Å². The normalized spacial score (nSPS) is 12.5. The van der Waals surface area contributed by atoms with Crippen LogP contribution in [0.15, 0.2) is 6.20 Å². The number of H-pyrrole nitrogens is 1. The van der Waals surface area contributed by atoms with Gasteiger partial charge in [-0.15, -0.1) is 0 Å². The molecule has 1 amide bonds. The van der Waals surface area contributed by atoms with Crippen molar-refractivity contribution < 1.29 is 9.53 Å². The van der Waals surface area contributed by atoms with Crippen LogP contribution in [-0.2, 0) is 17.6 Å². The van der Waals surface area contributed by atoms with Crippen molar-refractivity contribution in [3.63, 3.8) is 0 Å². The molecule has 7 heteroatoms. The second-order valence-electron chi connectivity index (χ2n) is 5.69. The van der Waals surface area contributed by atoms with E-state index in [-0.39, 0.29) is 4.83 Å². The lowest BCUT2D eigenvalue weighted by atomic mass is 10.1. The largest absolute Gasteiger partial charge is 0.444 e. The summed E-state index contributed by atoms with van der Waals surface area (Å²) in [5.74, 6) is 0. The highest BCUT2D eigenvalue weighted by atomic mass is 79.9. The van der Waals surface area contributed by atoms with Crippen LogP contribution in [0.4, 0.5) is 4.79 Å². The zero-order valence-electron chi connectivity index (χ0n) is 12.6. The number of alkyl carbamates (subject to hydrolysis) is 1. The number of carbonyl (C=O) groups is 1. The lowest BCUT2D eigenvalue weighted by Crippen LogP contribution is -2.33. The van der Waals surface area contributed by atoms with E-state index in [9.17, 15) is 4.79 Å². The monoisotopic (exact) mass is 356 g/mol. The van der Waals surface area contributed by atoms with Gasteiger partial charge in [0, 0.05) is 18.7 Å². The Bertz CT molecular complexity index is 502. The fourth-order valence-corrected chi connectivity index (χ4v) is 1.95. The van der Waals surface area contributed by atoms with Gasteiger partial charge < -0.3 is 10.1 Å². The summed E-state index contributed by atoms with van der Waals surface area (Å²) in [5.41, 5.74) is 1.55. The van der Waals surface area contributed by atoms with Crippen molar-refractivity contribution in [2.75, 3.05) is 6.54 Å². The van der Waals surface area contributed by atoms with E-state index in [0.29, 0.717) is 13.0 Å². The number of rotatable bonds is 6. The predicted octanol–water partition coefficient (Wildman–Crippen LogP) is 2.70. The van der Waals surface area contributed by atoms with Crippen LogP contribution in [0.2, 0.25) is 0 Å². The van der Waals surface area contributed by atoms with E-state index in [1.54, 1.807) is 6.20 Å². The molecule has 0 fully saturated rings. The molecule has 0 bridgehead atoms. The first-order valence-corrected chi connectivity index (χ1v) is 7.75. The quantitative estimate of drug-likeness (QED) is 0.766. The number of hydrogen-bond donors (Lipinski definition) is 2. The highest BCUT2D eigenvalue weighted by Gasteiger charge is 2.16. The molecule has 0 aliphatic heterocycles. The minimum absolute atomic E-state index is 0.153. The Morgan fingerprint density at radius 2 is 2.29 bits per heavy atom. The molecule has 1 atom stereocenters. The highest BCUT2D eigenvalue weighted by Crippen LogP contribution is 2.13. The van der Waals surface area contributed by atoms with E-state index in [4.69, 9.17) is 10.00 Å². The van der Waals surface area contributed by atoms with Gasteiger partial charge in [-0.25, -0.2) is 4.79 Å². The highest BCUT2D eigenvalue weighted by molar-refractivity contribution is 9.09. The number of nitrogens with one attached hydrogen (secondary N) is 2. The number of hydrogen-bond acceptors (Lipinski definition) is 4. The van der Waals surface area contributed by atoms with Gasteiger partial charge in [-0.1, -0.05) is 15.9 Å². The number of aromatic amines is 1. The molecule has 0 aliphatic carbocycles. The Kier molecular flexibility index (Phi) is 6.69. The molecule has 21 heavy (non-hydrogen) atoms. The third kappa shape index (κ3) is 7.14. The Morgan fingerprint density at radius 1 is 1.57 bits per heavy atom. The average molecular weight is 357 g/mol. The zero-order valence-corrected chi connectivity index (χ0v) is 14.2. The van der Waals surface area contributed by atoms with Gasteiger partial charge in [0.1, 0.15) is 10.4 Å². The van der Waals surface area contributed by atoms with Crippen molar-refractivity contribution in [1.29, 1.82) is 5.26 Å². The van der Waals surface area contributed by atoms with Crippen LogP contribution in [0.5, 0.6) is 0 Å². The fourth-order valence-electron chi connectivity index (χ4n) is 1.72. The molecular weight excluding hydrogens is 336 g/mol. The van der Waals surface area contributed by atoms with E-state index in [1.165, 1.54) is 0 Å². The van der Waals surface area contributed by atoms with E-state index in [2.05, 4.69) is 37.5 Å². The molecule has 0 radical (unpaired) electrons. The topological polar surface area (TPSA) is 90.8 Å². The average Bonchev–Trinajstić information content (AvgIpc) is 2.81. The Hall–Kier alpha value is -1.55. The third-order valence-corrected chi connectivity index (χ3v) is 3.32. The molecule has 1 aromatic heterocycles. The van der Waals surface area contributed by atoms with E-state index in [0.717, 1.165) is 24.1 Å². The van der Waals surface area contributed by atoms with Gasteiger partial charge >= 0.3 is 6.09 Å². The predicted molar refractivity (Wildman–Crippen MR) is 83.2 cm³/mol. The fraction of sp³-hybridized carbons (Fsp3) is 0.643. The van der Waals surface area contributed by atoms with Crippen LogP contribution in [-0.4, -0.2) is 33.3 Å². The smallest absolute Gasteiger partial charge is 0.407 e. The summed E-state index contributed by atoms with van der Waals surface area (Å²) in [6.45, 7) is 5.95. The van der Waals surface area contributed by atoms with Crippen molar-refractivity contribution in [2.24, 2.45) is 0 Å². The minimum Gasteiger partial charge on any atom is -0.444 e. The van der Waals surface area contributed by atoms with Gasteiger partial charge in [-0.05, 0) is 39.2 Å². The third-order valence-electron chi connectivity index (χ3n) is 2.66. The second kappa shape index (κ2) is 8.03. The summed E-state index contributed by atoms with van der Waals surface area (Å²) in [5, 5.41) is 18.4. The molecule has 0 saturated carbocycles. The number of amides is 1. The first kappa shape index (κ1) is 17.5. The number of aromatic nitrogens is 2. The number of nitrogens with zero attached hydrogens (tertiary/aromatic N) is 2. The van der Waals surface area contributed by atoms with Crippen LogP contribution < -0.4 is 5.32 Å². The molecule has 1 rings (SSSR count). The lowest BCUT2D eigenvalue weighted by molar-refractivity contribution is 0.0528. The molecule has 1 unspecified atom stereocenters. The number of ether oxygens (including phenoxy) is 1. The number of halogens is 1. The SMILES string of the molecule is CC(C)(C)OC(=O)NCCc1[nH]ncc1CCC(Br)C#N. The summed E-state index contributed by atoms with van der Waals surface area (Å²) in [4.78, 5) is 11.4. The van der Waals surface area contributed by atoms with Gasteiger partial charge in [0.15, 0.2) is 0 Å². The summed E-state index contributed by atoms with van der Waals surface area (Å²) >= 11 is 3.28. The Balaban J connectivity index is 2.38. The van der Waals surface area contributed by atoms with Crippen LogP contribution in [0, 0.1) is 11.3 Å². The zero-order chi connectivity index (χ0) is 15.9. The lowest BCUT2D eigenvalue weighted by Gasteiger charge is -2.19. The van der Waals surface area contributed by atoms with Crippen LogP contribution in [0.3, 0.4) is 0 Å². The molecule has 2 N–H and O–H groups in total. The van der Waals surface area contributed by atoms with Gasteiger partial charge in [-0.2, -0.15) is 10.4 Å². The molecule has 6 nitrogen and oxygen atoms in total. The first-order chi connectivity index (χ1) is 9.81. The Labute approximate surface area is 133 Å². The van der Waals surface area contributed by atoms with Crippen LogP contribution in [0.25, 0.3) is 0 Å². The number of nitriles is 1. The molecule has 0 aliphatic rings. The Morgan fingerprint density at radius 3 is 2.90 bits per heavy atom. The standard InChI is InChI=1S/C14H21BrN4O2/c1-14(2,3)21-13(20)17-7-6-12-10(9-18-19-12)4-5-11(15)8-16/h9,11H,4-7H2,1-3H3,(H,17,20)(H,18,19). The molecular formula is C14H21BrN4O2. The number of aryl methyl sites for hydroxylation is 1.